The third kappa shape index (κ3) is 3.08. The highest BCUT2D eigenvalue weighted by Crippen LogP contribution is 2.22. The molecule has 0 aliphatic heterocycles. The number of halogens is 3. The summed E-state index contributed by atoms with van der Waals surface area (Å²) in [6, 6.07) is 2.56. The third-order valence-electron chi connectivity index (χ3n) is 2.19. The Labute approximate surface area is 95.5 Å². The number of hydrogen-bond donors (Lipinski definition) is 1. The first-order chi connectivity index (χ1) is 7.94. The smallest absolute Gasteiger partial charge is 0.367 e. The normalized spacial score (nSPS) is 13.9. The van der Waals surface area contributed by atoms with E-state index in [1.807, 2.05) is 0 Å². The van der Waals surface area contributed by atoms with Gasteiger partial charge in [0.2, 0.25) is 0 Å². The summed E-state index contributed by atoms with van der Waals surface area (Å²) in [5.74, 6) is 0.412. The summed E-state index contributed by atoms with van der Waals surface area (Å²) < 4.78 is 38.0. The lowest BCUT2D eigenvalue weighted by Crippen LogP contribution is -2.24. The molecule has 0 bridgehead atoms. The lowest BCUT2D eigenvalue weighted by atomic mass is 10.2. The third-order valence-corrected chi connectivity index (χ3v) is 2.19. The maximum atomic E-state index is 12.1. The summed E-state index contributed by atoms with van der Waals surface area (Å²) in [7, 11) is 0. The predicted molar refractivity (Wildman–Crippen MR) is 56.7 cm³/mol. The van der Waals surface area contributed by atoms with Crippen LogP contribution in [0.15, 0.2) is 24.5 Å². The van der Waals surface area contributed by atoms with Crippen molar-refractivity contribution >= 4 is 11.5 Å². The first-order valence-electron chi connectivity index (χ1n) is 5.08. The predicted octanol–water partition coefficient (Wildman–Crippen LogP) is 2.48. The van der Waals surface area contributed by atoms with E-state index in [0.29, 0.717) is 11.5 Å². The van der Waals surface area contributed by atoms with Gasteiger partial charge in [-0.3, -0.25) is 0 Å². The van der Waals surface area contributed by atoms with Crippen LogP contribution in [0.1, 0.15) is 13.3 Å². The van der Waals surface area contributed by atoms with Gasteiger partial charge in [-0.05, 0) is 13.0 Å². The van der Waals surface area contributed by atoms with Crippen LogP contribution >= 0.6 is 0 Å². The van der Waals surface area contributed by atoms with Crippen molar-refractivity contribution in [3.8, 4) is 0 Å². The minimum Gasteiger partial charge on any atom is -0.367 e. The molecule has 0 aliphatic carbocycles. The second-order valence-electron chi connectivity index (χ2n) is 3.81. The van der Waals surface area contributed by atoms with Gasteiger partial charge in [-0.25, -0.2) is 9.50 Å². The van der Waals surface area contributed by atoms with Crippen molar-refractivity contribution in [2.45, 2.75) is 25.6 Å². The maximum Gasteiger partial charge on any atom is 0.391 e. The Kier molecular flexibility index (Phi) is 2.91. The first kappa shape index (κ1) is 11.7. The van der Waals surface area contributed by atoms with Gasteiger partial charge in [0.05, 0.1) is 12.6 Å². The number of anilines is 1. The molecule has 2 aromatic heterocycles. The number of alkyl halides is 3. The van der Waals surface area contributed by atoms with Crippen LogP contribution in [0.2, 0.25) is 0 Å². The molecule has 0 aromatic carbocycles. The van der Waals surface area contributed by atoms with E-state index >= 15 is 0 Å². The molecule has 1 atom stereocenters. The van der Waals surface area contributed by atoms with E-state index in [0.717, 1.165) is 0 Å². The zero-order valence-electron chi connectivity index (χ0n) is 9.07. The van der Waals surface area contributed by atoms with Gasteiger partial charge >= 0.3 is 6.18 Å². The van der Waals surface area contributed by atoms with Crippen LogP contribution < -0.4 is 5.32 Å². The summed E-state index contributed by atoms with van der Waals surface area (Å²) in [6.07, 6.45) is -1.84. The zero-order chi connectivity index (χ0) is 12.5. The number of rotatable bonds is 3. The van der Waals surface area contributed by atoms with Crippen molar-refractivity contribution in [3.05, 3.63) is 24.5 Å². The molecule has 2 rings (SSSR count). The second kappa shape index (κ2) is 4.23. The molecule has 0 aliphatic rings. The summed E-state index contributed by atoms with van der Waals surface area (Å²) in [6.45, 7) is 1.47. The second-order valence-corrected chi connectivity index (χ2v) is 3.81. The summed E-state index contributed by atoms with van der Waals surface area (Å²) in [5.41, 5.74) is 0.592. The number of aromatic nitrogens is 3. The van der Waals surface area contributed by atoms with Crippen LogP contribution in [0, 0.1) is 0 Å². The van der Waals surface area contributed by atoms with E-state index < -0.39 is 18.6 Å². The van der Waals surface area contributed by atoms with Crippen molar-refractivity contribution in [2.75, 3.05) is 5.32 Å². The van der Waals surface area contributed by atoms with E-state index in [9.17, 15) is 13.2 Å². The topological polar surface area (TPSA) is 42.2 Å². The molecule has 1 unspecified atom stereocenters. The largest absolute Gasteiger partial charge is 0.391 e. The summed E-state index contributed by atoms with van der Waals surface area (Å²) in [5, 5.41) is 6.65. The van der Waals surface area contributed by atoms with Gasteiger partial charge in [0.25, 0.3) is 0 Å². The molecule has 0 saturated carbocycles. The minimum absolute atomic E-state index is 0.412. The Morgan fingerprint density at radius 2 is 2.18 bits per heavy atom. The highest BCUT2D eigenvalue weighted by molar-refractivity contribution is 5.45. The van der Waals surface area contributed by atoms with Crippen LogP contribution in [-0.2, 0) is 0 Å². The number of hydrogen-bond acceptors (Lipinski definition) is 3. The lowest BCUT2D eigenvalue weighted by Gasteiger charge is -2.16. The standard InChI is InChI=1S/C10H11F3N4/c1-7(6-10(11,12)13)15-8-3-5-17-9(16-8)2-4-14-17/h2-5,7H,6H2,1H3,(H,15,16). The van der Waals surface area contributed by atoms with Gasteiger partial charge < -0.3 is 5.32 Å². The molecular weight excluding hydrogens is 233 g/mol. The molecule has 17 heavy (non-hydrogen) atoms. The Hall–Kier alpha value is -1.79. The van der Waals surface area contributed by atoms with Gasteiger partial charge in [-0.2, -0.15) is 18.3 Å². The van der Waals surface area contributed by atoms with Crippen LogP contribution in [0.4, 0.5) is 19.0 Å². The highest BCUT2D eigenvalue weighted by atomic mass is 19.4. The van der Waals surface area contributed by atoms with E-state index in [4.69, 9.17) is 0 Å². The number of nitrogens with zero attached hydrogens (tertiary/aromatic N) is 3. The Balaban J connectivity index is 2.07. The van der Waals surface area contributed by atoms with Crippen LogP contribution in [0.25, 0.3) is 5.65 Å². The molecule has 2 aromatic rings. The molecule has 7 heteroatoms. The van der Waals surface area contributed by atoms with Crippen molar-refractivity contribution in [3.63, 3.8) is 0 Å². The highest BCUT2D eigenvalue weighted by Gasteiger charge is 2.30. The average molecular weight is 244 g/mol. The lowest BCUT2D eigenvalue weighted by molar-refractivity contribution is -0.136. The molecular formula is C10H11F3N4. The van der Waals surface area contributed by atoms with Crippen LogP contribution in [-0.4, -0.2) is 26.8 Å². The Morgan fingerprint density at radius 1 is 1.41 bits per heavy atom. The minimum atomic E-state index is -4.17. The van der Waals surface area contributed by atoms with Gasteiger partial charge in [0.15, 0.2) is 5.65 Å². The molecule has 0 radical (unpaired) electrons. The number of nitrogens with one attached hydrogen (secondary N) is 1. The first-order valence-corrected chi connectivity index (χ1v) is 5.08. The Morgan fingerprint density at radius 3 is 2.88 bits per heavy atom. The average Bonchev–Trinajstić information content (AvgIpc) is 2.61. The van der Waals surface area contributed by atoms with Crippen molar-refractivity contribution in [1.82, 2.24) is 14.6 Å². The fourth-order valence-corrected chi connectivity index (χ4v) is 1.54. The fourth-order valence-electron chi connectivity index (χ4n) is 1.54. The summed E-state index contributed by atoms with van der Waals surface area (Å²) >= 11 is 0. The Bertz CT molecular complexity index is 505. The van der Waals surface area contributed by atoms with Gasteiger partial charge in [0.1, 0.15) is 5.82 Å². The molecule has 0 saturated heterocycles. The van der Waals surface area contributed by atoms with Crippen LogP contribution in [0.3, 0.4) is 0 Å². The number of fused-ring (bicyclic) bond motifs is 1. The summed E-state index contributed by atoms with van der Waals surface area (Å²) in [4.78, 5) is 4.13. The van der Waals surface area contributed by atoms with Gasteiger partial charge in [0, 0.05) is 18.3 Å². The van der Waals surface area contributed by atoms with E-state index in [-0.39, 0.29) is 0 Å². The maximum absolute atomic E-state index is 12.1. The SMILES string of the molecule is CC(CC(F)(F)F)Nc1ccn2nccc2n1. The van der Waals surface area contributed by atoms with Gasteiger partial charge in [-0.15, -0.1) is 0 Å². The molecule has 0 fully saturated rings. The molecule has 92 valence electrons. The molecule has 0 spiro atoms. The van der Waals surface area contributed by atoms with Crippen molar-refractivity contribution in [1.29, 1.82) is 0 Å². The molecule has 2 heterocycles. The van der Waals surface area contributed by atoms with Gasteiger partial charge in [-0.1, -0.05) is 0 Å². The van der Waals surface area contributed by atoms with Crippen molar-refractivity contribution in [2.24, 2.45) is 0 Å². The fraction of sp³-hybridized carbons (Fsp3) is 0.400. The van der Waals surface area contributed by atoms with E-state index in [1.165, 1.54) is 6.92 Å². The van der Waals surface area contributed by atoms with E-state index in [1.54, 1.807) is 29.0 Å². The quantitative estimate of drug-likeness (QED) is 0.901. The zero-order valence-corrected chi connectivity index (χ0v) is 9.07. The molecule has 0 amide bonds. The van der Waals surface area contributed by atoms with E-state index in [2.05, 4.69) is 15.4 Å². The molecule has 1 N–H and O–H groups in total. The molecule has 4 nitrogen and oxygen atoms in total. The van der Waals surface area contributed by atoms with Crippen molar-refractivity contribution < 1.29 is 13.2 Å². The monoisotopic (exact) mass is 244 g/mol. The van der Waals surface area contributed by atoms with Crippen LogP contribution in [0.5, 0.6) is 0 Å².